The van der Waals surface area contributed by atoms with Gasteiger partial charge in [0.1, 0.15) is 9.90 Å². The normalized spacial score (nSPS) is 17.5. The standard InChI is InChI=1S/C23H28N2O7S3/c1-32-23(27)20-16-7-3-4-8-17(16)33-22(20)24-21(26)15-11-13-25(14-12-15)35(30,31)19-10-6-5-9-18(19)34(2,28)29/h5-6,9-10,15H,3-4,7-8,11-14H2,1-2H3,(H,24,26). The van der Waals surface area contributed by atoms with E-state index in [1.54, 1.807) is 0 Å². The zero-order chi connectivity index (χ0) is 25.4. The van der Waals surface area contributed by atoms with E-state index < -0.39 is 31.7 Å². The largest absolute Gasteiger partial charge is 0.465 e. The van der Waals surface area contributed by atoms with Crippen molar-refractivity contribution in [3.8, 4) is 0 Å². The van der Waals surface area contributed by atoms with Crippen LogP contribution < -0.4 is 5.32 Å². The molecule has 4 rings (SSSR count). The van der Waals surface area contributed by atoms with Gasteiger partial charge < -0.3 is 10.1 Å². The maximum atomic E-state index is 13.2. The Balaban J connectivity index is 1.48. The van der Waals surface area contributed by atoms with E-state index >= 15 is 0 Å². The number of aryl methyl sites for hydroxylation is 1. The van der Waals surface area contributed by atoms with E-state index in [0.717, 1.165) is 42.4 Å². The van der Waals surface area contributed by atoms with Gasteiger partial charge in [-0.15, -0.1) is 11.3 Å². The molecular weight excluding hydrogens is 512 g/mol. The zero-order valence-electron chi connectivity index (χ0n) is 19.6. The molecule has 1 aliphatic carbocycles. The maximum absolute atomic E-state index is 13.2. The first-order valence-corrected chi connectivity index (χ1v) is 15.5. The number of esters is 1. The third kappa shape index (κ3) is 5.16. The van der Waals surface area contributed by atoms with Crippen molar-refractivity contribution in [3.63, 3.8) is 0 Å². The van der Waals surface area contributed by atoms with Crippen LogP contribution >= 0.6 is 11.3 Å². The molecule has 0 saturated carbocycles. The first-order chi connectivity index (χ1) is 16.5. The number of rotatable bonds is 6. The third-order valence-corrected chi connectivity index (χ3v) is 10.9. The smallest absolute Gasteiger partial charge is 0.341 e. The minimum Gasteiger partial charge on any atom is -0.465 e. The van der Waals surface area contributed by atoms with Crippen molar-refractivity contribution in [1.82, 2.24) is 4.31 Å². The summed E-state index contributed by atoms with van der Waals surface area (Å²) in [5, 5.41) is 3.39. The number of carbonyl (C=O) groups is 2. The molecule has 0 spiro atoms. The van der Waals surface area contributed by atoms with Gasteiger partial charge in [0, 0.05) is 30.1 Å². The molecule has 0 bridgehead atoms. The molecule has 9 nitrogen and oxygen atoms in total. The molecule has 0 radical (unpaired) electrons. The fourth-order valence-electron chi connectivity index (χ4n) is 4.65. The van der Waals surface area contributed by atoms with Gasteiger partial charge in [0.15, 0.2) is 9.84 Å². The highest BCUT2D eigenvalue weighted by atomic mass is 32.2. The maximum Gasteiger partial charge on any atom is 0.341 e. The van der Waals surface area contributed by atoms with Gasteiger partial charge in [-0.05, 0) is 56.2 Å². The number of anilines is 1. The molecule has 1 saturated heterocycles. The van der Waals surface area contributed by atoms with Gasteiger partial charge in [-0.3, -0.25) is 4.79 Å². The Hall–Kier alpha value is -2.28. The third-order valence-electron chi connectivity index (χ3n) is 6.49. The Morgan fingerprint density at radius 3 is 2.29 bits per heavy atom. The fraction of sp³-hybridized carbons (Fsp3) is 0.478. The van der Waals surface area contributed by atoms with Crippen molar-refractivity contribution < 1.29 is 31.2 Å². The summed E-state index contributed by atoms with van der Waals surface area (Å²) in [6.45, 7) is 0.173. The lowest BCUT2D eigenvalue weighted by molar-refractivity contribution is -0.120. The first kappa shape index (κ1) is 25.8. The summed E-state index contributed by atoms with van der Waals surface area (Å²) in [6, 6.07) is 5.54. The number of hydrogen-bond donors (Lipinski definition) is 1. The second kappa shape index (κ2) is 10.00. The summed E-state index contributed by atoms with van der Waals surface area (Å²) in [6.07, 6.45) is 5.20. The first-order valence-electron chi connectivity index (χ1n) is 11.4. The van der Waals surface area contributed by atoms with Gasteiger partial charge in [0.25, 0.3) is 0 Å². The predicted octanol–water partition coefficient (Wildman–Crippen LogP) is 2.86. The Morgan fingerprint density at radius 1 is 1.03 bits per heavy atom. The Bertz CT molecular complexity index is 1360. The predicted molar refractivity (Wildman–Crippen MR) is 132 cm³/mol. The molecular formula is C23H28N2O7S3. The number of fused-ring (bicyclic) bond motifs is 1. The number of benzene rings is 1. The lowest BCUT2D eigenvalue weighted by atomic mass is 9.95. The molecule has 1 fully saturated rings. The van der Waals surface area contributed by atoms with Crippen LogP contribution in [0.15, 0.2) is 34.1 Å². The highest BCUT2D eigenvalue weighted by Gasteiger charge is 2.35. The number of ether oxygens (including phenoxy) is 1. The molecule has 0 unspecified atom stereocenters. The summed E-state index contributed by atoms with van der Waals surface area (Å²) < 4.78 is 56.8. The summed E-state index contributed by atoms with van der Waals surface area (Å²) >= 11 is 1.41. The van der Waals surface area contributed by atoms with Gasteiger partial charge in [-0.25, -0.2) is 21.6 Å². The lowest BCUT2D eigenvalue weighted by Gasteiger charge is -2.30. The van der Waals surface area contributed by atoms with Crippen LogP contribution in [0.25, 0.3) is 0 Å². The summed E-state index contributed by atoms with van der Waals surface area (Å²) in [5.74, 6) is -1.16. The average molecular weight is 541 g/mol. The molecule has 2 aromatic rings. The number of sulfonamides is 1. The van der Waals surface area contributed by atoms with Gasteiger partial charge in [0.05, 0.1) is 17.6 Å². The molecule has 12 heteroatoms. The van der Waals surface area contributed by atoms with Crippen LogP contribution in [-0.4, -0.2) is 59.5 Å². The molecule has 1 N–H and O–H groups in total. The molecule has 2 aliphatic rings. The molecule has 190 valence electrons. The van der Waals surface area contributed by atoms with E-state index in [4.69, 9.17) is 4.74 Å². The van der Waals surface area contributed by atoms with Crippen molar-refractivity contribution in [3.05, 3.63) is 40.3 Å². The number of thiophene rings is 1. The lowest BCUT2D eigenvalue weighted by Crippen LogP contribution is -2.41. The fourth-order valence-corrected chi connectivity index (χ4v) is 9.01. The Kier molecular flexibility index (Phi) is 7.37. The van der Waals surface area contributed by atoms with Crippen LogP contribution in [0.2, 0.25) is 0 Å². The van der Waals surface area contributed by atoms with Gasteiger partial charge in [-0.2, -0.15) is 4.31 Å². The van der Waals surface area contributed by atoms with Gasteiger partial charge >= 0.3 is 5.97 Å². The molecule has 2 heterocycles. The molecule has 1 aromatic heterocycles. The number of nitrogens with zero attached hydrogens (tertiary/aromatic N) is 1. The van der Waals surface area contributed by atoms with Crippen molar-refractivity contribution in [2.45, 2.75) is 48.3 Å². The molecule has 0 atom stereocenters. The monoisotopic (exact) mass is 540 g/mol. The Labute approximate surface area is 209 Å². The number of nitrogens with one attached hydrogen (secondary N) is 1. The number of piperidine rings is 1. The van der Waals surface area contributed by atoms with E-state index in [1.165, 1.54) is 47.0 Å². The van der Waals surface area contributed by atoms with Crippen LogP contribution in [0.5, 0.6) is 0 Å². The SMILES string of the molecule is COC(=O)c1c(NC(=O)C2CCN(S(=O)(=O)c3ccccc3S(C)(=O)=O)CC2)sc2c1CCCC2. The average Bonchev–Trinajstić information content (AvgIpc) is 3.20. The summed E-state index contributed by atoms with van der Waals surface area (Å²) in [7, 11) is -6.46. The minimum atomic E-state index is -4.04. The van der Waals surface area contributed by atoms with E-state index in [0.29, 0.717) is 10.6 Å². The van der Waals surface area contributed by atoms with E-state index in [9.17, 15) is 26.4 Å². The topological polar surface area (TPSA) is 127 Å². The zero-order valence-corrected chi connectivity index (χ0v) is 22.0. The van der Waals surface area contributed by atoms with Crippen LogP contribution in [0, 0.1) is 5.92 Å². The van der Waals surface area contributed by atoms with E-state index in [-0.39, 0.29) is 41.6 Å². The van der Waals surface area contributed by atoms with Crippen LogP contribution in [0.1, 0.15) is 46.5 Å². The highest BCUT2D eigenvalue weighted by Crippen LogP contribution is 2.39. The number of sulfone groups is 1. The van der Waals surface area contributed by atoms with Crippen LogP contribution in [0.3, 0.4) is 0 Å². The van der Waals surface area contributed by atoms with E-state index in [1.807, 2.05) is 0 Å². The van der Waals surface area contributed by atoms with E-state index in [2.05, 4.69) is 5.32 Å². The number of methoxy groups -OCH3 is 1. The van der Waals surface area contributed by atoms with Gasteiger partial charge in [0.2, 0.25) is 15.9 Å². The van der Waals surface area contributed by atoms with Crippen molar-refractivity contribution >= 4 is 48.1 Å². The summed E-state index contributed by atoms with van der Waals surface area (Å²) in [5.41, 5.74) is 1.38. The van der Waals surface area contributed by atoms with Crippen LogP contribution in [-0.2, 0) is 42.2 Å². The molecule has 35 heavy (non-hydrogen) atoms. The molecule has 1 aromatic carbocycles. The second-order valence-corrected chi connectivity index (χ2v) is 13.8. The number of amides is 1. The Morgan fingerprint density at radius 2 is 1.66 bits per heavy atom. The number of hydrogen-bond acceptors (Lipinski definition) is 8. The second-order valence-electron chi connectivity index (χ2n) is 8.79. The highest BCUT2D eigenvalue weighted by molar-refractivity contribution is 7.93. The molecule has 1 amide bonds. The van der Waals surface area contributed by atoms with Crippen molar-refractivity contribution in [2.24, 2.45) is 5.92 Å². The quantitative estimate of drug-likeness (QED) is 0.558. The molecule has 1 aliphatic heterocycles. The van der Waals surface area contributed by atoms with Crippen LogP contribution in [0.4, 0.5) is 5.00 Å². The van der Waals surface area contributed by atoms with Gasteiger partial charge in [-0.1, -0.05) is 12.1 Å². The van der Waals surface area contributed by atoms with Crippen molar-refractivity contribution in [2.75, 3.05) is 31.8 Å². The number of carbonyl (C=O) groups excluding carboxylic acids is 2. The van der Waals surface area contributed by atoms with Crippen molar-refractivity contribution in [1.29, 1.82) is 0 Å². The minimum absolute atomic E-state index is 0.0866. The summed E-state index contributed by atoms with van der Waals surface area (Å²) in [4.78, 5) is 26.1.